The van der Waals surface area contributed by atoms with Gasteiger partial charge in [-0.1, -0.05) is 13.8 Å². The van der Waals surface area contributed by atoms with Crippen molar-refractivity contribution < 1.29 is 4.79 Å². The molecule has 3 atom stereocenters. The van der Waals surface area contributed by atoms with Crippen LogP contribution in [0.15, 0.2) is 24.3 Å². The highest BCUT2D eigenvalue weighted by atomic mass is 16.1. The average molecular weight is 246 g/mol. The summed E-state index contributed by atoms with van der Waals surface area (Å²) in [6.45, 7) is 4.64. The topological polar surface area (TPSA) is 55.1 Å². The largest absolute Gasteiger partial charge is 0.382 e. The van der Waals surface area contributed by atoms with Gasteiger partial charge < -0.3 is 11.1 Å². The van der Waals surface area contributed by atoms with Crippen LogP contribution in [0.25, 0.3) is 0 Å². The second-order valence-corrected chi connectivity index (χ2v) is 5.59. The zero-order valence-electron chi connectivity index (χ0n) is 11.1. The van der Waals surface area contributed by atoms with Gasteiger partial charge in [0.15, 0.2) is 0 Å². The van der Waals surface area contributed by atoms with Gasteiger partial charge in [0.05, 0.1) is 0 Å². The first-order chi connectivity index (χ1) is 8.56. The molecule has 1 amide bonds. The molecule has 3 unspecified atom stereocenters. The maximum Gasteiger partial charge on any atom is 0.248 e. The van der Waals surface area contributed by atoms with Crippen LogP contribution >= 0.6 is 0 Å². The van der Waals surface area contributed by atoms with Crippen molar-refractivity contribution in [3.05, 3.63) is 29.8 Å². The Hall–Kier alpha value is -1.51. The quantitative estimate of drug-likeness (QED) is 0.861. The molecule has 3 N–H and O–H groups in total. The monoisotopic (exact) mass is 246 g/mol. The summed E-state index contributed by atoms with van der Waals surface area (Å²) >= 11 is 0. The van der Waals surface area contributed by atoms with Crippen LogP contribution in [-0.4, -0.2) is 11.9 Å². The fourth-order valence-corrected chi connectivity index (χ4v) is 2.82. The van der Waals surface area contributed by atoms with E-state index in [2.05, 4.69) is 19.2 Å². The number of nitrogens with two attached hydrogens (primary N) is 1. The molecule has 0 aliphatic heterocycles. The minimum atomic E-state index is -0.374. The van der Waals surface area contributed by atoms with E-state index in [1.807, 2.05) is 12.1 Å². The number of hydrogen-bond acceptors (Lipinski definition) is 2. The van der Waals surface area contributed by atoms with Crippen molar-refractivity contribution in [2.75, 3.05) is 5.32 Å². The van der Waals surface area contributed by atoms with Crippen LogP contribution in [0.3, 0.4) is 0 Å². The Kier molecular flexibility index (Phi) is 3.90. The normalized spacial score (nSPS) is 27.8. The third kappa shape index (κ3) is 3.03. The molecule has 1 aromatic carbocycles. The van der Waals surface area contributed by atoms with Gasteiger partial charge in [0.1, 0.15) is 0 Å². The fourth-order valence-electron chi connectivity index (χ4n) is 2.82. The van der Waals surface area contributed by atoms with Crippen molar-refractivity contribution in [2.24, 2.45) is 17.6 Å². The minimum Gasteiger partial charge on any atom is -0.382 e. The van der Waals surface area contributed by atoms with Crippen molar-refractivity contribution in [2.45, 2.75) is 39.2 Å². The van der Waals surface area contributed by atoms with Crippen LogP contribution in [0.2, 0.25) is 0 Å². The van der Waals surface area contributed by atoms with Crippen molar-refractivity contribution in [1.29, 1.82) is 0 Å². The summed E-state index contributed by atoms with van der Waals surface area (Å²) in [4.78, 5) is 11.0. The second kappa shape index (κ2) is 5.42. The Morgan fingerprint density at radius 2 is 1.89 bits per heavy atom. The molecule has 1 aromatic rings. The highest BCUT2D eigenvalue weighted by Gasteiger charge is 2.24. The van der Waals surface area contributed by atoms with Crippen molar-refractivity contribution >= 4 is 11.6 Å². The van der Waals surface area contributed by atoms with Crippen molar-refractivity contribution in [3.8, 4) is 0 Å². The Morgan fingerprint density at radius 1 is 1.22 bits per heavy atom. The molecule has 1 aliphatic rings. The number of carbonyl (C=O) groups excluding carboxylic acids is 1. The molecule has 3 heteroatoms. The molecule has 2 rings (SSSR count). The molecule has 1 fully saturated rings. The molecular formula is C15H22N2O. The molecule has 1 aliphatic carbocycles. The Labute approximate surface area is 109 Å². The van der Waals surface area contributed by atoms with Crippen LogP contribution in [0.5, 0.6) is 0 Å². The lowest BCUT2D eigenvalue weighted by Crippen LogP contribution is -2.32. The highest BCUT2D eigenvalue weighted by Crippen LogP contribution is 2.30. The molecule has 98 valence electrons. The zero-order chi connectivity index (χ0) is 13.1. The Balaban J connectivity index is 1.99. The van der Waals surface area contributed by atoms with Crippen molar-refractivity contribution in [3.63, 3.8) is 0 Å². The number of carbonyl (C=O) groups is 1. The third-order valence-electron chi connectivity index (χ3n) is 3.95. The molecule has 0 heterocycles. The summed E-state index contributed by atoms with van der Waals surface area (Å²) in [5.74, 6) is 1.17. The van der Waals surface area contributed by atoms with Crippen LogP contribution < -0.4 is 11.1 Å². The van der Waals surface area contributed by atoms with Gasteiger partial charge in [0, 0.05) is 17.3 Å². The van der Waals surface area contributed by atoms with Gasteiger partial charge in [-0.2, -0.15) is 0 Å². The first-order valence-corrected chi connectivity index (χ1v) is 6.72. The zero-order valence-corrected chi connectivity index (χ0v) is 11.1. The van der Waals surface area contributed by atoms with Crippen LogP contribution in [-0.2, 0) is 0 Å². The number of rotatable bonds is 3. The van der Waals surface area contributed by atoms with Gasteiger partial charge in [-0.05, 0) is 55.4 Å². The van der Waals surface area contributed by atoms with Gasteiger partial charge in [-0.25, -0.2) is 0 Å². The van der Waals surface area contributed by atoms with Gasteiger partial charge >= 0.3 is 0 Å². The summed E-state index contributed by atoms with van der Waals surface area (Å²) in [5, 5.41) is 3.57. The summed E-state index contributed by atoms with van der Waals surface area (Å²) < 4.78 is 0. The molecule has 1 saturated carbocycles. The van der Waals surface area contributed by atoms with E-state index >= 15 is 0 Å². The van der Waals surface area contributed by atoms with E-state index in [0.717, 1.165) is 11.6 Å². The summed E-state index contributed by atoms with van der Waals surface area (Å²) in [6, 6.07) is 7.97. The SMILES string of the molecule is CC1CCC(Nc2ccc(C(N)=O)cc2)C(C)C1. The lowest BCUT2D eigenvalue weighted by molar-refractivity contribution is 0.100. The van der Waals surface area contributed by atoms with E-state index in [1.54, 1.807) is 12.1 Å². The Morgan fingerprint density at radius 3 is 2.44 bits per heavy atom. The minimum absolute atomic E-state index is 0.374. The van der Waals surface area contributed by atoms with Crippen LogP contribution in [0, 0.1) is 11.8 Å². The lowest BCUT2D eigenvalue weighted by Gasteiger charge is -2.33. The van der Waals surface area contributed by atoms with E-state index in [-0.39, 0.29) is 5.91 Å². The van der Waals surface area contributed by atoms with E-state index in [0.29, 0.717) is 17.5 Å². The third-order valence-corrected chi connectivity index (χ3v) is 3.95. The summed E-state index contributed by atoms with van der Waals surface area (Å²) in [7, 11) is 0. The van der Waals surface area contributed by atoms with Crippen LogP contribution in [0.1, 0.15) is 43.5 Å². The first-order valence-electron chi connectivity index (χ1n) is 6.72. The summed E-state index contributed by atoms with van der Waals surface area (Å²) in [5.41, 5.74) is 6.86. The Bertz CT molecular complexity index is 413. The molecule has 3 nitrogen and oxygen atoms in total. The predicted octanol–water partition coefficient (Wildman–Crippen LogP) is 3.02. The number of primary amides is 1. The smallest absolute Gasteiger partial charge is 0.248 e. The average Bonchev–Trinajstić information content (AvgIpc) is 2.33. The summed E-state index contributed by atoms with van der Waals surface area (Å²) in [6.07, 6.45) is 3.80. The van der Waals surface area contributed by atoms with Gasteiger partial charge in [0.2, 0.25) is 5.91 Å². The number of benzene rings is 1. The maximum atomic E-state index is 11.0. The van der Waals surface area contributed by atoms with Crippen molar-refractivity contribution in [1.82, 2.24) is 0 Å². The lowest BCUT2D eigenvalue weighted by atomic mass is 9.80. The molecule has 0 spiro atoms. The molecule has 0 bridgehead atoms. The fraction of sp³-hybridized carbons (Fsp3) is 0.533. The van der Waals surface area contributed by atoms with E-state index in [4.69, 9.17) is 5.73 Å². The standard InChI is InChI=1S/C15H22N2O/c1-10-3-8-14(11(2)9-10)17-13-6-4-12(5-7-13)15(16)18/h4-7,10-11,14,17H,3,8-9H2,1-2H3,(H2,16,18). The molecule has 18 heavy (non-hydrogen) atoms. The maximum absolute atomic E-state index is 11.0. The van der Waals surface area contributed by atoms with Crippen LogP contribution in [0.4, 0.5) is 5.69 Å². The van der Waals surface area contributed by atoms with Gasteiger partial charge in [-0.15, -0.1) is 0 Å². The van der Waals surface area contributed by atoms with E-state index in [1.165, 1.54) is 19.3 Å². The van der Waals surface area contributed by atoms with Gasteiger partial charge in [-0.3, -0.25) is 4.79 Å². The second-order valence-electron chi connectivity index (χ2n) is 5.59. The molecule has 0 saturated heterocycles. The highest BCUT2D eigenvalue weighted by molar-refractivity contribution is 5.93. The number of nitrogens with one attached hydrogen (secondary N) is 1. The van der Waals surface area contributed by atoms with Gasteiger partial charge in [0.25, 0.3) is 0 Å². The molecule has 0 radical (unpaired) electrons. The van der Waals surface area contributed by atoms with E-state index < -0.39 is 0 Å². The first kappa shape index (κ1) is 12.9. The molecular weight excluding hydrogens is 224 g/mol. The number of amides is 1. The number of hydrogen-bond donors (Lipinski definition) is 2. The number of anilines is 1. The molecule has 0 aromatic heterocycles. The predicted molar refractivity (Wildman–Crippen MR) is 74.5 cm³/mol. The van der Waals surface area contributed by atoms with E-state index in [9.17, 15) is 4.79 Å².